The fraction of sp³-hybridized carbons (Fsp3) is 0.556. The molecule has 8 nitrogen and oxygen atoms in total. The smallest absolute Gasteiger partial charge is 0.312 e. The van der Waals surface area contributed by atoms with Crippen molar-refractivity contribution in [3.63, 3.8) is 0 Å². The molecule has 2 heterocycles. The summed E-state index contributed by atoms with van der Waals surface area (Å²) in [5, 5.41) is 0. The first-order chi connectivity index (χ1) is 12.8. The molecule has 1 unspecified atom stereocenters. The minimum absolute atomic E-state index is 0.0577. The first kappa shape index (κ1) is 19.5. The Morgan fingerprint density at radius 1 is 1.15 bits per heavy atom. The number of rotatable bonds is 3. The molecule has 9 heteroatoms. The van der Waals surface area contributed by atoms with E-state index in [0.29, 0.717) is 37.4 Å². The molecule has 2 aliphatic rings. The highest BCUT2D eigenvalue weighted by atomic mass is 32.2. The van der Waals surface area contributed by atoms with Crippen LogP contribution in [0, 0.1) is 0 Å². The van der Waals surface area contributed by atoms with Gasteiger partial charge in [0.15, 0.2) is 21.3 Å². The summed E-state index contributed by atoms with van der Waals surface area (Å²) in [6.07, 6.45) is 0.980. The number of amides is 2. The van der Waals surface area contributed by atoms with Crippen molar-refractivity contribution in [2.24, 2.45) is 0 Å². The van der Waals surface area contributed by atoms with E-state index in [1.165, 1.54) is 16.8 Å². The Morgan fingerprint density at radius 3 is 2.33 bits per heavy atom. The number of benzene rings is 1. The van der Waals surface area contributed by atoms with E-state index in [0.717, 1.165) is 11.1 Å². The molecule has 1 fully saturated rings. The molecule has 2 aliphatic heterocycles. The third-order valence-electron chi connectivity index (χ3n) is 5.26. The van der Waals surface area contributed by atoms with Crippen LogP contribution < -0.4 is 9.47 Å². The molecule has 3 rings (SSSR count). The van der Waals surface area contributed by atoms with E-state index in [9.17, 15) is 18.0 Å². The average Bonchev–Trinajstić information content (AvgIpc) is 3.04. The summed E-state index contributed by atoms with van der Waals surface area (Å²) in [6, 6.07) is 3.28. The highest BCUT2D eigenvalue weighted by Crippen LogP contribution is 2.33. The molecule has 1 aromatic rings. The lowest BCUT2D eigenvalue weighted by atomic mass is 9.98. The number of fused-ring (bicyclic) bond motifs is 1. The van der Waals surface area contributed by atoms with Crippen molar-refractivity contribution < 1.29 is 27.5 Å². The van der Waals surface area contributed by atoms with E-state index < -0.39 is 27.7 Å². The average molecular weight is 396 g/mol. The van der Waals surface area contributed by atoms with Gasteiger partial charge in [-0.2, -0.15) is 0 Å². The third-order valence-corrected chi connectivity index (χ3v) is 7.02. The molecule has 27 heavy (non-hydrogen) atoms. The van der Waals surface area contributed by atoms with Gasteiger partial charge in [0.05, 0.1) is 25.7 Å². The van der Waals surface area contributed by atoms with Crippen molar-refractivity contribution in [3.8, 4) is 11.5 Å². The van der Waals surface area contributed by atoms with E-state index in [4.69, 9.17) is 9.47 Å². The largest absolute Gasteiger partial charge is 0.493 e. The molecule has 1 atom stereocenters. The number of methoxy groups -OCH3 is 2. The van der Waals surface area contributed by atoms with Crippen molar-refractivity contribution in [1.29, 1.82) is 0 Å². The first-order valence-corrected chi connectivity index (χ1v) is 10.6. The van der Waals surface area contributed by atoms with Crippen LogP contribution >= 0.6 is 0 Å². The Balaban J connectivity index is 1.72. The predicted octanol–water partition coefficient (Wildman–Crippen LogP) is 0.234. The van der Waals surface area contributed by atoms with E-state index >= 15 is 0 Å². The maximum atomic E-state index is 12.7. The molecular weight excluding hydrogens is 372 g/mol. The van der Waals surface area contributed by atoms with Crippen LogP contribution in [0.15, 0.2) is 12.1 Å². The Hall–Kier alpha value is -2.29. The normalized spacial score (nSPS) is 20.7. The van der Waals surface area contributed by atoms with Crippen LogP contribution in [-0.2, 0) is 32.4 Å². The Morgan fingerprint density at radius 2 is 1.78 bits per heavy atom. The summed E-state index contributed by atoms with van der Waals surface area (Å²) in [6.45, 7) is 0.723. The van der Waals surface area contributed by atoms with Crippen molar-refractivity contribution in [3.05, 3.63) is 23.3 Å². The summed E-state index contributed by atoms with van der Waals surface area (Å²) in [7, 11) is 1.49. The van der Waals surface area contributed by atoms with Crippen molar-refractivity contribution in [2.75, 3.05) is 39.3 Å². The van der Waals surface area contributed by atoms with Crippen LogP contribution in [-0.4, -0.2) is 75.4 Å². The fourth-order valence-corrected chi connectivity index (χ4v) is 5.36. The van der Waals surface area contributed by atoms with Crippen LogP contribution in [0.25, 0.3) is 0 Å². The van der Waals surface area contributed by atoms with Crippen LogP contribution in [0.1, 0.15) is 17.5 Å². The molecule has 0 aliphatic carbocycles. The standard InChI is InChI=1S/C18H24N2O6S/c1-19(14-5-7-27(23,24)11-14)17(21)18(22)20-6-4-12-8-15(25-2)16(26-3)9-13(12)10-20/h8-9,14H,4-7,10-11H2,1-3H3. The number of hydrogen-bond donors (Lipinski definition) is 0. The Kier molecular flexibility index (Phi) is 5.32. The number of carbonyl (C=O) groups is 2. The van der Waals surface area contributed by atoms with E-state index in [2.05, 4.69) is 0 Å². The Labute approximate surface area is 158 Å². The molecule has 1 aromatic carbocycles. The van der Waals surface area contributed by atoms with E-state index in [1.54, 1.807) is 14.2 Å². The summed E-state index contributed by atoms with van der Waals surface area (Å²) in [5.74, 6) is -0.0902. The van der Waals surface area contributed by atoms with Gasteiger partial charge >= 0.3 is 11.8 Å². The number of carbonyl (C=O) groups excluding carboxylic acids is 2. The summed E-state index contributed by atoms with van der Waals surface area (Å²) >= 11 is 0. The summed E-state index contributed by atoms with van der Waals surface area (Å²) in [4.78, 5) is 28.0. The molecule has 0 saturated carbocycles. The van der Waals surface area contributed by atoms with Gasteiger partial charge in [-0.3, -0.25) is 9.59 Å². The number of sulfone groups is 1. The molecule has 1 saturated heterocycles. The van der Waals surface area contributed by atoms with Gasteiger partial charge in [-0.1, -0.05) is 0 Å². The van der Waals surface area contributed by atoms with Crippen molar-refractivity contribution in [1.82, 2.24) is 9.80 Å². The van der Waals surface area contributed by atoms with Gasteiger partial charge in [-0.15, -0.1) is 0 Å². The first-order valence-electron chi connectivity index (χ1n) is 8.76. The van der Waals surface area contributed by atoms with E-state index in [1.807, 2.05) is 12.1 Å². The minimum Gasteiger partial charge on any atom is -0.493 e. The maximum absolute atomic E-state index is 12.7. The third kappa shape index (κ3) is 3.87. The van der Waals surface area contributed by atoms with Gasteiger partial charge in [-0.25, -0.2) is 8.42 Å². The zero-order chi connectivity index (χ0) is 19.8. The monoisotopic (exact) mass is 396 g/mol. The number of hydrogen-bond acceptors (Lipinski definition) is 6. The molecule has 0 spiro atoms. The second kappa shape index (κ2) is 7.38. The maximum Gasteiger partial charge on any atom is 0.312 e. The lowest BCUT2D eigenvalue weighted by molar-refractivity contribution is -0.152. The van der Waals surface area contributed by atoms with Crippen molar-refractivity contribution >= 4 is 21.7 Å². The highest BCUT2D eigenvalue weighted by molar-refractivity contribution is 7.91. The SMILES string of the molecule is COc1cc2c(cc1OC)CN(C(=O)C(=O)N(C)C1CCS(=O)(=O)C1)CC2. The van der Waals surface area contributed by atoms with Crippen LogP contribution in [0.5, 0.6) is 11.5 Å². The van der Waals surface area contributed by atoms with Crippen LogP contribution in [0.4, 0.5) is 0 Å². The number of nitrogens with zero attached hydrogens (tertiary/aromatic N) is 2. The predicted molar refractivity (Wildman–Crippen MR) is 98.5 cm³/mol. The van der Waals surface area contributed by atoms with Gasteiger partial charge in [0.1, 0.15) is 0 Å². The van der Waals surface area contributed by atoms with Crippen LogP contribution in [0.3, 0.4) is 0 Å². The summed E-state index contributed by atoms with van der Waals surface area (Å²) < 4.78 is 33.9. The molecule has 2 amide bonds. The molecule has 0 N–H and O–H groups in total. The van der Waals surface area contributed by atoms with Crippen molar-refractivity contribution in [2.45, 2.75) is 25.4 Å². The lowest BCUT2D eigenvalue weighted by Crippen LogP contribution is -2.49. The zero-order valence-electron chi connectivity index (χ0n) is 15.7. The lowest BCUT2D eigenvalue weighted by Gasteiger charge is -2.31. The molecule has 0 radical (unpaired) electrons. The second-order valence-electron chi connectivity index (χ2n) is 6.93. The van der Waals surface area contributed by atoms with Gasteiger partial charge < -0.3 is 19.3 Å². The van der Waals surface area contributed by atoms with Crippen LogP contribution in [0.2, 0.25) is 0 Å². The minimum atomic E-state index is -3.12. The molecule has 0 aromatic heterocycles. The fourth-order valence-electron chi connectivity index (χ4n) is 3.59. The quantitative estimate of drug-likeness (QED) is 0.680. The summed E-state index contributed by atoms with van der Waals surface area (Å²) in [5.41, 5.74) is 1.96. The van der Waals surface area contributed by atoms with Gasteiger partial charge in [-0.05, 0) is 36.1 Å². The van der Waals surface area contributed by atoms with Gasteiger partial charge in [0.2, 0.25) is 0 Å². The zero-order valence-corrected chi connectivity index (χ0v) is 16.5. The molecule has 0 bridgehead atoms. The molecule has 148 valence electrons. The Bertz CT molecular complexity index is 867. The highest BCUT2D eigenvalue weighted by Gasteiger charge is 2.36. The topological polar surface area (TPSA) is 93.2 Å². The number of likely N-dealkylation sites (N-methyl/N-ethyl adjacent to an activating group) is 1. The van der Waals surface area contributed by atoms with E-state index in [-0.39, 0.29) is 11.5 Å². The number of ether oxygens (including phenoxy) is 2. The molecular formula is C18H24N2O6S. The van der Waals surface area contributed by atoms with Gasteiger partial charge in [0.25, 0.3) is 0 Å². The second-order valence-corrected chi connectivity index (χ2v) is 9.15. The van der Waals surface area contributed by atoms with Gasteiger partial charge in [0, 0.05) is 26.2 Å².